The molecule has 2 atom stereocenters. The highest BCUT2D eigenvalue weighted by Crippen LogP contribution is 2.27. The molecular weight excluding hydrogens is 350 g/mol. The van der Waals surface area contributed by atoms with Gasteiger partial charge in [0.1, 0.15) is 5.75 Å². The second-order valence-corrected chi connectivity index (χ2v) is 6.78. The summed E-state index contributed by atoms with van der Waals surface area (Å²) >= 11 is 3.37. The number of ether oxygens (including phenoxy) is 1. The predicted molar refractivity (Wildman–Crippen MR) is 86.1 cm³/mol. The molecule has 1 amide bonds. The highest BCUT2D eigenvalue weighted by molar-refractivity contribution is 9.10. The van der Waals surface area contributed by atoms with E-state index in [2.05, 4.69) is 21.2 Å². The van der Waals surface area contributed by atoms with Crippen molar-refractivity contribution in [2.45, 2.75) is 45.3 Å². The third-order valence-electron chi connectivity index (χ3n) is 3.62. The minimum absolute atomic E-state index is 0.0244. The summed E-state index contributed by atoms with van der Waals surface area (Å²) < 4.78 is 6.39. The van der Waals surface area contributed by atoms with Crippen molar-refractivity contribution in [2.24, 2.45) is 5.92 Å². The van der Waals surface area contributed by atoms with E-state index in [0.717, 1.165) is 4.47 Å². The number of halogens is 1. The van der Waals surface area contributed by atoms with Crippen molar-refractivity contribution in [1.29, 1.82) is 0 Å². The minimum atomic E-state index is -0.785. The summed E-state index contributed by atoms with van der Waals surface area (Å²) in [5.74, 6) is -0.713. The fourth-order valence-corrected chi connectivity index (χ4v) is 3.11. The number of carboxylic acid groups (broad SMARTS) is 1. The van der Waals surface area contributed by atoms with Gasteiger partial charge in [0, 0.05) is 16.1 Å². The van der Waals surface area contributed by atoms with E-state index >= 15 is 0 Å². The molecule has 1 aliphatic rings. The standard InChI is InChI=1S/C16H20BrNO4/c1-9(2)22-14-7-11(5-12(17)8-14)15(19)18-13-4-3-10(6-13)16(20)21/h5,7-10,13H,3-4,6H2,1-2H3,(H,18,19)(H,20,21)/t10-,13+/m1/s1. The lowest BCUT2D eigenvalue weighted by Gasteiger charge is -2.15. The predicted octanol–water partition coefficient (Wildman–Crippen LogP) is 3.22. The van der Waals surface area contributed by atoms with Crippen LogP contribution < -0.4 is 10.1 Å². The molecule has 0 aromatic heterocycles. The summed E-state index contributed by atoms with van der Waals surface area (Å²) in [6, 6.07) is 5.16. The van der Waals surface area contributed by atoms with Gasteiger partial charge in [-0.05, 0) is 51.3 Å². The molecular formula is C16H20BrNO4. The Labute approximate surface area is 138 Å². The first-order chi connectivity index (χ1) is 10.3. The first-order valence-electron chi connectivity index (χ1n) is 7.36. The van der Waals surface area contributed by atoms with Gasteiger partial charge < -0.3 is 15.2 Å². The molecule has 0 radical (unpaired) electrons. The van der Waals surface area contributed by atoms with Crippen LogP contribution in [0.4, 0.5) is 0 Å². The molecule has 0 bridgehead atoms. The molecule has 1 aliphatic carbocycles. The van der Waals surface area contributed by atoms with Crippen molar-refractivity contribution in [3.8, 4) is 5.75 Å². The number of carbonyl (C=O) groups is 2. The monoisotopic (exact) mass is 369 g/mol. The highest BCUT2D eigenvalue weighted by Gasteiger charge is 2.30. The van der Waals surface area contributed by atoms with Crippen LogP contribution in [0, 0.1) is 5.92 Å². The molecule has 1 aromatic rings. The Balaban J connectivity index is 2.03. The first-order valence-corrected chi connectivity index (χ1v) is 8.15. The van der Waals surface area contributed by atoms with Crippen LogP contribution in [0.3, 0.4) is 0 Å². The first kappa shape index (κ1) is 16.8. The molecule has 1 fully saturated rings. The Morgan fingerprint density at radius 2 is 2.05 bits per heavy atom. The second-order valence-electron chi connectivity index (χ2n) is 5.86. The van der Waals surface area contributed by atoms with Crippen molar-refractivity contribution in [3.05, 3.63) is 28.2 Å². The molecule has 2 N–H and O–H groups in total. The molecule has 120 valence electrons. The fraction of sp³-hybridized carbons (Fsp3) is 0.500. The van der Waals surface area contributed by atoms with E-state index in [1.54, 1.807) is 12.1 Å². The number of aliphatic carboxylic acids is 1. The maximum atomic E-state index is 12.3. The van der Waals surface area contributed by atoms with Crippen molar-refractivity contribution < 1.29 is 19.4 Å². The maximum absolute atomic E-state index is 12.3. The lowest BCUT2D eigenvalue weighted by Crippen LogP contribution is -2.33. The summed E-state index contributed by atoms with van der Waals surface area (Å²) in [4.78, 5) is 23.3. The molecule has 5 nitrogen and oxygen atoms in total. The third kappa shape index (κ3) is 4.47. The summed E-state index contributed by atoms with van der Waals surface area (Å²) in [5, 5.41) is 11.9. The van der Waals surface area contributed by atoms with Crippen LogP contribution in [-0.4, -0.2) is 29.1 Å². The Morgan fingerprint density at radius 1 is 1.32 bits per heavy atom. The van der Waals surface area contributed by atoms with Gasteiger partial charge in [0.25, 0.3) is 5.91 Å². The van der Waals surface area contributed by atoms with Crippen LogP contribution in [-0.2, 0) is 4.79 Å². The van der Waals surface area contributed by atoms with Crippen molar-refractivity contribution in [3.63, 3.8) is 0 Å². The molecule has 0 aliphatic heterocycles. The number of hydrogen-bond donors (Lipinski definition) is 2. The van der Waals surface area contributed by atoms with E-state index < -0.39 is 5.97 Å². The van der Waals surface area contributed by atoms with E-state index in [1.165, 1.54) is 0 Å². The SMILES string of the molecule is CC(C)Oc1cc(Br)cc(C(=O)N[C@H]2CC[C@@H](C(=O)O)C2)c1. The normalized spacial score (nSPS) is 20.9. The Hall–Kier alpha value is -1.56. The van der Waals surface area contributed by atoms with Crippen LogP contribution in [0.25, 0.3) is 0 Å². The average molecular weight is 370 g/mol. The van der Waals surface area contributed by atoms with Crippen LogP contribution in [0.15, 0.2) is 22.7 Å². The summed E-state index contributed by atoms with van der Waals surface area (Å²) in [5.41, 5.74) is 0.504. The number of carbonyl (C=O) groups excluding carboxylic acids is 1. The second kappa shape index (κ2) is 7.13. The van der Waals surface area contributed by atoms with Gasteiger partial charge in [-0.25, -0.2) is 0 Å². The van der Waals surface area contributed by atoms with E-state index in [0.29, 0.717) is 30.6 Å². The van der Waals surface area contributed by atoms with E-state index in [1.807, 2.05) is 19.9 Å². The van der Waals surface area contributed by atoms with Gasteiger partial charge in [0.2, 0.25) is 0 Å². The zero-order chi connectivity index (χ0) is 16.3. The Bertz CT molecular complexity index is 573. The van der Waals surface area contributed by atoms with E-state index in [-0.39, 0.29) is 24.0 Å². The van der Waals surface area contributed by atoms with Crippen LogP contribution in [0.2, 0.25) is 0 Å². The van der Waals surface area contributed by atoms with Gasteiger partial charge in [0.15, 0.2) is 0 Å². The van der Waals surface area contributed by atoms with Gasteiger partial charge in [-0.3, -0.25) is 9.59 Å². The zero-order valence-electron chi connectivity index (χ0n) is 12.6. The molecule has 0 saturated heterocycles. The number of amides is 1. The lowest BCUT2D eigenvalue weighted by atomic mass is 10.1. The molecule has 0 unspecified atom stereocenters. The minimum Gasteiger partial charge on any atom is -0.491 e. The number of hydrogen-bond acceptors (Lipinski definition) is 3. The summed E-state index contributed by atoms with van der Waals surface area (Å²) in [6.45, 7) is 3.84. The topological polar surface area (TPSA) is 75.6 Å². The molecule has 0 heterocycles. The highest BCUT2D eigenvalue weighted by atomic mass is 79.9. The van der Waals surface area contributed by atoms with Crippen molar-refractivity contribution in [1.82, 2.24) is 5.32 Å². The van der Waals surface area contributed by atoms with Gasteiger partial charge in [-0.1, -0.05) is 15.9 Å². The van der Waals surface area contributed by atoms with Crippen LogP contribution >= 0.6 is 15.9 Å². The summed E-state index contributed by atoms with van der Waals surface area (Å²) in [6.07, 6.45) is 1.83. The average Bonchev–Trinajstić information content (AvgIpc) is 2.85. The van der Waals surface area contributed by atoms with Gasteiger partial charge in [-0.2, -0.15) is 0 Å². The number of benzene rings is 1. The molecule has 1 aromatic carbocycles. The third-order valence-corrected chi connectivity index (χ3v) is 4.08. The van der Waals surface area contributed by atoms with Gasteiger partial charge >= 0.3 is 5.97 Å². The quantitative estimate of drug-likeness (QED) is 0.835. The van der Waals surface area contributed by atoms with Crippen LogP contribution in [0.5, 0.6) is 5.75 Å². The number of nitrogens with one attached hydrogen (secondary N) is 1. The largest absolute Gasteiger partial charge is 0.491 e. The van der Waals surface area contributed by atoms with Crippen molar-refractivity contribution >= 4 is 27.8 Å². The number of carboxylic acids is 1. The number of rotatable bonds is 5. The molecule has 2 rings (SSSR count). The molecule has 22 heavy (non-hydrogen) atoms. The smallest absolute Gasteiger partial charge is 0.306 e. The van der Waals surface area contributed by atoms with E-state index in [9.17, 15) is 9.59 Å². The van der Waals surface area contributed by atoms with Gasteiger partial charge in [0.05, 0.1) is 12.0 Å². The molecule has 1 saturated carbocycles. The lowest BCUT2D eigenvalue weighted by molar-refractivity contribution is -0.141. The van der Waals surface area contributed by atoms with E-state index in [4.69, 9.17) is 9.84 Å². The molecule has 6 heteroatoms. The zero-order valence-corrected chi connectivity index (χ0v) is 14.2. The Morgan fingerprint density at radius 3 is 2.64 bits per heavy atom. The van der Waals surface area contributed by atoms with Gasteiger partial charge in [-0.15, -0.1) is 0 Å². The summed E-state index contributed by atoms with van der Waals surface area (Å²) in [7, 11) is 0. The Kier molecular flexibility index (Phi) is 5.45. The molecule has 0 spiro atoms. The van der Waals surface area contributed by atoms with Crippen molar-refractivity contribution in [2.75, 3.05) is 0 Å². The van der Waals surface area contributed by atoms with Crippen LogP contribution in [0.1, 0.15) is 43.5 Å². The maximum Gasteiger partial charge on any atom is 0.306 e. The fourth-order valence-electron chi connectivity index (χ4n) is 2.64.